The van der Waals surface area contributed by atoms with E-state index in [4.69, 9.17) is 4.74 Å². The van der Waals surface area contributed by atoms with Crippen molar-refractivity contribution in [2.24, 2.45) is 5.92 Å². The fourth-order valence-corrected chi connectivity index (χ4v) is 1.59. The molecule has 0 unspecified atom stereocenters. The van der Waals surface area contributed by atoms with Crippen molar-refractivity contribution in [1.29, 1.82) is 0 Å². The average molecular weight is 181 g/mol. The molecule has 2 rings (SSSR count). The molecule has 0 bridgehead atoms. The van der Waals surface area contributed by atoms with Crippen LogP contribution in [0.4, 0.5) is 0 Å². The largest absolute Gasteiger partial charge is 0.404 e. The monoisotopic (exact) mass is 181 g/mol. The van der Waals surface area contributed by atoms with Crippen LogP contribution in [-0.2, 0) is 4.79 Å². The fourth-order valence-electron chi connectivity index (χ4n) is 1.59. The van der Waals surface area contributed by atoms with Gasteiger partial charge >= 0.3 is 5.97 Å². The number of hydrogen-bond acceptors (Lipinski definition) is 4. The molecule has 0 radical (unpaired) electrons. The number of carbonyl (C=O) groups is 1. The lowest BCUT2D eigenvalue weighted by molar-refractivity contribution is -0.138. The lowest BCUT2D eigenvalue weighted by Gasteiger charge is -2.05. The van der Waals surface area contributed by atoms with Gasteiger partial charge in [-0.15, -0.1) is 0 Å². The highest BCUT2D eigenvalue weighted by Crippen LogP contribution is 2.25. The Morgan fingerprint density at radius 1 is 1.54 bits per heavy atom. The van der Waals surface area contributed by atoms with E-state index in [2.05, 4.69) is 15.4 Å². The summed E-state index contributed by atoms with van der Waals surface area (Å²) in [6, 6.07) is 0. The Bertz CT molecular complexity index is 278. The molecule has 0 aromatic carbocycles. The Morgan fingerprint density at radius 2 is 2.31 bits per heavy atom. The van der Waals surface area contributed by atoms with Crippen molar-refractivity contribution in [2.75, 3.05) is 0 Å². The Morgan fingerprint density at radius 3 is 2.92 bits per heavy atom. The minimum atomic E-state index is -0.175. The summed E-state index contributed by atoms with van der Waals surface area (Å²) < 4.78 is 4.99. The summed E-state index contributed by atoms with van der Waals surface area (Å²) in [4.78, 5) is 11.4. The number of rotatable bonds is 2. The molecule has 1 aromatic rings. The minimum absolute atomic E-state index is 0.0664. The molecule has 5 nitrogen and oxygen atoms in total. The van der Waals surface area contributed by atoms with Gasteiger partial charge < -0.3 is 4.74 Å². The number of aromatic amines is 1. The van der Waals surface area contributed by atoms with E-state index in [-0.39, 0.29) is 17.8 Å². The molecular formula is C8H11N3O2. The zero-order valence-electron chi connectivity index (χ0n) is 7.19. The first kappa shape index (κ1) is 8.22. The second-order valence-electron chi connectivity index (χ2n) is 3.21. The summed E-state index contributed by atoms with van der Waals surface area (Å²) in [6.45, 7) is 0. The number of carbonyl (C=O) groups excluding carboxylic acids is 1. The van der Waals surface area contributed by atoms with Crippen molar-refractivity contribution in [2.45, 2.75) is 25.7 Å². The van der Waals surface area contributed by atoms with Crippen LogP contribution in [0.2, 0.25) is 0 Å². The number of nitrogens with one attached hydrogen (secondary N) is 1. The van der Waals surface area contributed by atoms with Crippen molar-refractivity contribution in [1.82, 2.24) is 15.4 Å². The highest BCUT2D eigenvalue weighted by Gasteiger charge is 2.24. The first-order chi connectivity index (χ1) is 6.36. The molecule has 1 aliphatic rings. The van der Waals surface area contributed by atoms with Crippen LogP contribution in [0.5, 0.6) is 5.88 Å². The summed E-state index contributed by atoms with van der Waals surface area (Å²) in [5, 5.41) is 9.52. The zero-order chi connectivity index (χ0) is 9.10. The molecular weight excluding hydrogens is 170 g/mol. The molecule has 1 aliphatic carbocycles. The van der Waals surface area contributed by atoms with Gasteiger partial charge in [0.25, 0.3) is 5.88 Å². The maximum absolute atomic E-state index is 11.4. The molecule has 1 aromatic heterocycles. The summed E-state index contributed by atoms with van der Waals surface area (Å²) in [5.74, 6) is 0.153. The average Bonchev–Trinajstić information content (AvgIpc) is 2.74. The van der Waals surface area contributed by atoms with Gasteiger partial charge in [-0.3, -0.25) is 9.89 Å². The third kappa shape index (κ3) is 1.85. The summed E-state index contributed by atoms with van der Waals surface area (Å²) >= 11 is 0. The number of ether oxygens (including phenoxy) is 1. The van der Waals surface area contributed by atoms with E-state index >= 15 is 0 Å². The summed E-state index contributed by atoms with van der Waals surface area (Å²) in [7, 11) is 0. The number of nitrogens with zero attached hydrogens (tertiary/aromatic N) is 2. The fraction of sp³-hybridized carbons (Fsp3) is 0.625. The highest BCUT2D eigenvalue weighted by atomic mass is 16.5. The minimum Gasteiger partial charge on any atom is -0.404 e. The van der Waals surface area contributed by atoms with Gasteiger partial charge in [-0.2, -0.15) is 0 Å². The Hall–Kier alpha value is -1.39. The highest BCUT2D eigenvalue weighted by molar-refractivity contribution is 5.74. The van der Waals surface area contributed by atoms with Crippen molar-refractivity contribution in [3.05, 3.63) is 6.20 Å². The first-order valence-corrected chi connectivity index (χ1v) is 4.44. The summed E-state index contributed by atoms with van der Waals surface area (Å²) in [5.41, 5.74) is 0. The Kier molecular flexibility index (Phi) is 2.25. The molecule has 0 atom stereocenters. The predicted octanol–water partition coefficient (Wildman–Crippen LogP) is 0.900. The predicted molar refractivity (Wildman–Crippen MR) is 44.0 cm³/mol. The standard InChI is InChI=1S/C8H11N3O2/c12-8(6-3-1-2-4-6)13-7-5-9-11-10-7/h5-6H,1-4H2,(H,9,10,11). The molecule has 0 aliphatic heterocycles. The van der Waals surface area contributed by atoms with Gasteiger partial charge in [-0.25, -0.2) is 0 Å². The van der Waals surface area contributed by atoms with Gasteiger partial charge in [-0.05, 0) is 12.8 Å². The number of H-pyrrole nitrogens is 1. The second-order valence-corrected chi connectivity index (χ2v) is 3.21. The third-order valence-electron chi connectivity index (χ3n) is 2.29. The quantitative estimate of drug-likeness (QED) is 0.688. The Balaban J connectivity index is 1.91. The van der Waals surface area contributed by atoms with Crippen LogP contribution >= 0.6 is 0 Å². The molecule has 0 saturated heterocycles. The molecule has 70 valence electrons. The third-order valence-corrected chi connectivity index (χ3v) is 2.29. The van der Waals surface area contributed by atoms with Crippen LogP contribution in [0.25, 0.3) is 0 Å². The van der Waals surface area contributed by atoms with E-state index in [0.717, 1.165) is 25.7 Å². The molecule has 1 fully saturated rings. The normalized spacial score (nSPS) is 17.5. The Labute approximate surface area is 75.5 Å². The lowest BCUT2D eigenvalue weighted by atomic mass is 10.1. The van der Waals surface area contributed by atoms with Gasteiger partial charge in [-0.1, -0.05) is 23.2 Å². The first-order valence-electron chi connectivity index (χ1n) is 4.44. The molecule has 1 saturated carbocycles. The van der Waals surface area contributed by atoms with Crippen LogP contribution in [0.3, 0.4) is 0 Å². The van der Waals surface area contributed by atoms with Gasteiger partial charge in [0, 0.05) is 0 Å². The van der Waals surface area contributed by atoms with E-state index in [1.54, 1.807) is 0 Å². The summed E-state index contributed by atoms with van der Waals surface area (Å²) in [6.07, 6.45) is 5.59. The number of esters is 1. The van der Waals surface area contributed by atoms with E-state index in [1.165, 1.54) is 6.20 Å². The van der Waals surface area contributed by atoms with Gasteiger partial charge in [0.1, 0.15) is 0 Å². The lowest BCUT2D eigenvalue weighted by Crippen LogP contribution is -2.17. The molecule has 1 N–H and O–H groups in total. The molecule has 13 heavy (non-hydrogen) atoms. The van der Waals surface area contributed by atoms with Gasteiger partial charge in [0.15, 0.2) is 0 Å². The van der Waals surface area contributed by atoms with Gasteiger partial charge in [0.2, 0.25) is 0 Å². The van der Waals surface area contributed by atoms with E-state index in [9.17, 15) is 4.79 Å². The van der Waals surface area contributed by atoms with Crippen LogP contribution in [0.15, 0.2) is 6.20 Å². The van der Waals surface area contributed by atoms with Crippen molar-refractivity contribution < 1.29 is 9.53 Å². The topological polar surface area (TPSA) is 67.9 Å². The zero-order valence-corrected chi connectivity index (χ0v) is 7.19. The van der Waals surface area contributed by atoms with Crippen molar-refractivity contribution in [3.63, 3.8) is 0 Å². The second kappa shape index (κ2) is 3.55. The number of aromatic nitrogens is 3. The maximum Gasteiger partial charge on any atom is 0.315 e. The molecule has 5 heteroatoms. The van der Waals surface area contributed by atoms with Crippen molar-refractivity contribution >= 4 is 5.97 Å². The van der Waals surface area contributed by atoms with Crippen LogP contribution < -0.4 is 4.74 Å². The number of hydrogen-bond donors (Lipinski definition) is 1. The van der Waals surface area contributed by atoms with E-state index in [1.807, 2.05) is 0 Å². The van der Waals surface area contributed by atoms with Gasteiger partial charge in [0.05, 0.1) is 12.1 Å². The van der Waals surface area contributed by atoms with Crippen LogP contribution in [0, 0.1) is 5.92 Å². The van der Waals surface area contributed by atoms with E-state index in [0.29, 0.717) is 0 Å². The maximum atomic E-state index is 11.4. The van der Waals surface area contributed by atoms with E-state index < -0.39 is 0 Å². The van der Waals surface area contributed by atoms with Crippen LogP contribution in [-0.4, -0.2) is 21.4 Å². The smallest absolute Gasteiger partial charge is 0.315 e. The molecule has 1 heterocycles. The molecule has 0 spiro atoms. The molecule has 0 amide bonds. The van der Waals surface area contributed by atoms with Crippen molar-refractivity contribution in [3.8, 4) is 5.88 Å². The SMILES string of the molecule is O=C(Oc1c[nH]nn1)C1CCCC1. The van der Waals surface area contributed by atoms with Crippen LogP contribution in [0.1, 0.15) is 25.7 Å².